The second-order valence-corrected chi connectivity index (χ2v) is 8.07. The zero-order chi connectivity index (χ0) is 20.1. The fourth-order valence-electron chi connectivity index (χ4n) is 4.02. The summed E-state index contributed by atoms with van der Waals surface area (Å²) in [6, 6.07) is 14.0. The molecular weight excluding hydrogens is 390 g/mol. The number of amides is 1. The second-order valence-electron chi connectivity index (χ2n) is 7.67. The predicted molar refractivity (Wildman–Crippen MR) is 112 cm³/mol. The molecule has 4 rings (SSSR count). The maximum atomic E-state index is 12.7. The lowest BCUT2D eigenvalue weighted by atomic mass is 9.74. The van der Waals surface area contributed by atoms with Gasteiger partial charge in [0.05, 0.1) is 24.7 Å². The Kier molecular flexibility index (Phi) is 6.26. The summed E-state index contributed by atoms with van der Waals surface area (Å²) >= 11 is 6.35. The molecule has 2 aromatic rings. The average Bonchev–Trinajstić information content (AvgIpc) is 3.00. The first-order chi connectivity index (χ1) is 14.2. The predicted octanol–water partition coefficient (Wildman–Crippen LogP) is 3.91. The van der Waals surface area contributed by atoms with Crippen LogP contribution in [0.1, 0.15) is 30.4 Å². The van der Waals surface area contributed by atoms with Crippen molar-refractivity contribution in [3.8, 4) is 11.5 Å². The van der Waals surface area contributed by atoms with Gasteiger partial charge in [0.1, 0.15) is 0 Å². The normalized spacial score (nSPS) is 18.0. The van der Waals surface area contributed by atoms with Crippen LogP contribution in [0.3, 0.4) is 0 Å². The summed E-state index contributed by atoms with van der Waals surface area (Å²) in [7, 11) is 0. The van der Waals surface area contributed by atoms with E-state index in [-0.39, 0.29) is 17.7 Å². The number of carbonyl (C=O) groups excluding carboxylic acids is 1. The minimum Gasteiger partial charge on any atom is -0.489 e. The van der Waals surface area contributed by atoms with Gasteiger partial charge in [-0.3, -0.25) is 4.79 Å². The Morgan fingerprint density at radius 3 is 2.59 bits per heavy atom. The van der Waals surface area contributed by atoms with Crippen molar-refractivity contribution in [3.63, 3.8) is 0 Å². The van der Waals surface area contributed by atoms with Gasteiger partial charge >= 0.3 is 0 Å². The Morgan fingerprint density at radius 2 is 1.79 bits per heavy atom. The molecule has 2 heterocycles. The van der Waals surface area contributed by atoms with Crippen molar-refractivity contribution in [3.05, 3.63) is 58.6 Å². The van der Waals surface area contributed by atoms with Gasteiger partial charge in [-0.1, -0.05) is 41.9 Å². The van der Waals surface area contributed by atoms with E-state index < -0.39 is 0 Å². The highest BCUT2D eigenvalue weighted by molar-refractivity contribution is 6.32. The van der Waals surface area contributed by atoms with E-state index in [0.717, 1.165) is 24.8 Å². The third kappa shape index (κ3) is 4.68. The van der Waals surface area contributed by atoms with Crippen molar-refractivity contribution in [2.75, 3.05) is 33.0 Å². The molecule has 1 amide bonds. The molecule has 2 aromatic carbocycles. The Morgan fingerprint density at radius 1 is 1.03 bits per heavy atom. The summed E-state index contributed by atoms with van der Waals surface area (Å²) in [6.07, 6.45) is 2.85. The number of hydrogen-bond acceptors (Lipinski definition) is 4. The number of nitrogens with one attached hydrogen (secondary N) is 1. The van der Waals surface area contributed by atoms with Crippen LogP contribution in [0.5, 0.6) is 11.5 Å². The van der Waals surface area contributed by atoms with Crippen LogP contribution in [0, 0.1) is 0 Å². The van der Waals surface area contributed by atoms with E-state index in [1.807, 2.05) is 24.3 Å². The van der Waals surface area contributed by atoms with Gasteiger partial charge < -0.3 is 19.5 Å². The molecule has 1 saturated heterocycles. The maximum absolute atomic E-state index is 12.7. The maximum Gasteiger partial charge on any atom is 0.224 e. The molecule has 2 aliphatic rings. The smallest absolute Gasteiger partial charge is 0.224 e. The SMILES string of the molecule is O=C(Cc1cc(Cl)c2c(c1)OCCCO2)NCC1(c2ccccc2)CCOCC1. The van der Waals surface area contributed by atoms with Gasteiger partial charge in [-0.15, -0.1) is 0 Å². The molecule has 29 heavy (non-hydrogen) atoms. The van der Waals surface area contributed by atoms with Crippen LogP contribution in [0.2, 0.25) is 5.02 Å². The Balaban J connectivity index is 1.44. The van der Waals surface area contributed by atoms with E-state index in [1.165, 1.54) is 5.56 Å². The summed E-state index contributed by atoms with van der Waals surface area (Å²) in [5.74, 6) is 1.15. The standard InChI is InChI=1S/C23H26ClNO4/c24-19-13-17(14-20-22(19)29-10-4-9-28-20)15-21(26)25-16-23(7-11-27-12-8-23)18-5-2-1-3-6-18/h1-3,5-6,13-14H,4,7-12,15-16H2,(H,25,26). The minimum atomic E-state index is -0.0858. The lowest BCUT2D eigenvalue weighted by Crippen LogP contribution is -2.45. The molecule has 0 atom stereocenters. The number of carbonyl (C=O) groups is 1. The second kappa shape index (κ2) is 9.06. The van der Waals surface area contributed by atoms with Gasteiger partial charge in [0, 0.05) is 31.6 Å². The van der Waals surface area contributed by atoms with E-state index in [2.05, 4.69) is 17.4 Å². The quantitative estimate of drug-likeness (QED) is 0.804. The zero-order valence-electron chi connectivity index (χ0n) is 16.4. The molecular formula is C23H26ClNO4. The fraction of sp³-hybridized carbons (Fsp3) is 0.435. The zero-order valence-corrected chi connectivity index (χ0v) is 17.2. The van der Waals surface area contributed by atoms with Crippen molar-refractivity contribution in [1.82, 2.24) is 5.32 Å². The lowest BCUT2D eigenvalue weighted by molar-refractivity contribution is -0.120. The van der Waals surface area contributed by atoms with E-state index in [4.69, 9.17) is 25.8 Å². The van der Waals surface area contributed by atoms with Crippen LogP contribution in [-0.2, 0) is 21.4 Å². The van der Waals surface area contributed by atoms with Gasteiger partial charge in [-0.05, 0) is 36.1 Å². The van der Waals surface area contributed by atoms with Gasteiger partial charge in [-0.2, -0.15) is 0 Å². The Hall–Kier alpha value is -2.24. The number of hydrogen-bond donors (Lipinski definition) is 1. The number of ether oxygens (including phenoxy) is 3. The number of fused-ring (bicyclic) bond motifs is 1. The van der Waals surface area contributed by atoms with Crippen LogP contribution < -0.4 is 14.8 Å². The largest absolute Gasteiger partial charge is 0.489 e. The molecule has 154 valence electrons. The van der Waals surface area contributed by atoms with Gasteiger partial charge in [-0.25, -0.2) is 0 Å². The summed E-state index contributed by atoms with van der Waals surface area (Å²) in [5, 5.41) is 3.63. The Bertz CT molecular complexity index is 849. The Labute approximate surface area is 176 Å². The van der Waals surface area contributed by atoms with Crippen LogP contribution in [0.4, 0.5) is 0 Å². The van der Waals surface area contributed by atoms with Crippen LogP contribution in [-0.4, -0.2) is 38.9 Å². The highest BCUT2D eigenvalue weighted by Gasteiger charge is 2.34. The van der Waals surface area contributed by atoms with Crippen LogP contribution in [0.15, 0.2) is 42.5 Å². The lowest BCUT2D eigenvalue weighted by Gasteiger charge is -2.38. The van der Waals surface area contributed by atoms with Crippen LogP contribution in [0.25, 0.3) is 0 Å². The van der Waals surface area contributed by atoms with Crippen molar-refractivity contribution in [2.45, 2.75) is 31.1 Å². The van der Waals surface area contributed by atoms with Gasteiger partial charge in [0.25, 0.3) is 0 Å². The van der Waals surface area contributed by atoms with Crippen molar-refractivity contribution in [2.24, 2.45) is 0 Å². The third-order valence-electron chi connectivity index (χ3n) is 5.69. The van der Waals surface area contributed by atoms with Crippen molar-refractivity contribution < 1.29 is 19.0 Å². The molecule has 6 heteroatoms. The highest BCUT2D eigenvalue weighted by Crippen LogP contribution is 2.38. The molecule has 2 aliphatic heterocycles. The summed E-state index contributed by atoms with van der Waals surface area (Å²) in [5.41, 5.74) is 1.98. The molecule has 0 saturated carbocycles. The van der Waals surface area contributed by atoms with E-state index >= 15 is 0 Å². The summed E-state index contributed by atoms with van der Waals surface area (Å²) in [6.45, 7) is 3.18. The van der Waals surface area contributed by atoms with Crippen molar-refractivity contribution >= 4 is 17.5 Å². The van der Waals surface area contributed by atoms with E-state index in [1.54, 1.807) is 6.07 Å². The minimum absolute atomic E-state index is 0.0302. The fourth-order valence-corrected chi connectivity index (χ4v) is 4.31. The van der Waals surface area contributed by atoms with Gasteiger partial charge in [0.2, 0.25) is 5.91 Å². The monoisotopic (exact) mass is 415 g/mol. The van der Waals surface area contributed by atoms with E-state index in [0.29, 0.717) is 49.5 Å². The highest BCUT2D eigenvalue weighted by atomic mass is 35.5. The van der Waals surface area contributed by atoms with Crippen LogP contribution >= 0.6 is 11.6 Å². The molecule has 0 aliphatic carbocycles. The van der Waals surface area contributed by atoms with Gasteiger partial charge in [0.15, 0.2) is 11.5 Å². The number of rotatable bonds is 5. The average molecular weight is 416 g/mol. The first kappa shape index (κ1) is 20.0. The topological polar surface area (TPSA) is 56.8 Å². The molecule has 0 unspecified atom stereocenters. The van der Waals surface area contributed by atoms with Crippen molar-refractivity contribution in [1.29, 1.82) is 0 Å². The summed E-state index contributed by atoms with van der Waals surface area (Å²) < 4.78 is 17.0. The number of halogens is 1. The first-order valence-electron chi connectivity index (χ1n) is 10.1. The number of benzene rings is 2. The molecule has 0 aromatic heterocycles. The molecule has 1 N–H and O–H groups in total. The van der Waals surface area contributed by atoms with E-state index in [9.17, 15) is 4.79 Å². The molecule has 0 spiro atoms. The first-order valence-corrected chi connectivity index (χ1v) is 10.5. The summed E-state index contributed by atoms with van der Waals surface area (Å²) in [4.78, 5) is 12.7. The molecule has 0 bridgehead atoms. The molecule has 0 radical (unpaired) electrons. The third-order valence-corrected chi connectivity index (χ3v) is 5.97. The molecule has 5 nitrogen and oxygen atoms in total. The molecule has 1 fully saturated rings.